The van der Waals surface area contributed by atoms with E-state index in [1.165, 1.54) is 13.1 Å². The van der Waals surface area contributed by atoms with Crippen molar-refractivity contribution in [1.82, 2.24) is 10.3 Å². The number of hydrogen-bond acceptors (Lipinski definition) is 4. The highest BCUT2D eigenvalue weighted by Gasteiger charge is 2.34. The van der Waals surface area contributed by atoms with Crippen LogP contribution in [0.2, 0.25) is 0 Å². The minimum absolute atomic E-state index is 0.0864. The Kier molecular flexibility index (Phi) is 4.17. The summed E-state index contributed by atoms with van der Waals surface area (Å²) >= 11 is 0. The molecule has 6 nitrogen and oxygen atoms in total. The van der Waals surface area contributed by atoms with Crippen LogP contribution in [-0.2, 0) is 15.1 Å². The summed E-state index contributed by atoms with van der Waals surface area (Å²) in [6.07, 6.45) is 3.13. The highest BCUT2D eigenvalue weighted by Crippen LogP contribution is 2.19. The molecule has 0 radical (unpaired) electrons. The maximum atomic E-state index is 11.3. The van der Waals surface area contributed by atoms with E-state index in [1.807, 2.05) is 0 Å². The van der Waals surface area contributed by atoms with Crippen molar-refractivity contribution in [2.24, 2.45) is 5.73 Å². The van der Waals surface area contributed by atoms with Crippen LogP contribution in [0, 0.1) is 0 Å². The Hall–Kier alpha value is -1.95. The molecule has 4 N–H and O–H groups in total. The Balaban J connectivity index is 2.83. The van der Waals surface area contributed by atoms with Gasteiger partial charge in [-0.05, 0) is 13.0 Å². The summed E-state index contributed by atoms with van der Waals surface area (Å²) in [5.74, 6) is -1.51. The van der Waals surface area contributed by atoms with E-state index in [9.17, 15) is 14.7 Å². The molecule has 6 heteroatoms. The van der Waals surface area contributed by atoms with Crippen molar-refractivity contribution < 1.29 is 14.7 Å². The Morgan fingerprint density at radius 1 is 1.59 bits per heavy atom. The molecule has 1 rings (SSSR count). The number of carbonyl (C=O) groups is 2. The molecular weight excluding hydrogens is 222 g/mol. The fraction of sp³-hybridized carbons (Fsp3) is 0.364. The largest absolute Gasteiger partial charge is 0.480 e. The molecule has 0 saturated heterocycles. The zero-order valence-corrected chi connectivity index (χ0v) is 9.51. The Morgan fingerprint density at radius 2 is 2.29 bits per heavy atom. The molecule has 0 aromatic carbocycles. The predicted molar refractivity (Wildman–Crippen MR) is 61.0 cm³/mol. The van der Waals surface area contributed by atoms with Gasteiger partial charge in [0, 0.05) is 30.9 Å². The number of nitrogens with zero attached hydrogens (tertiary/aromatic N) is 1. The Bertz CT molecular complexity index is 408. The number of hydrogen-bond donors (Lipinski definition) is 3. The molecule has 1 aromatic rings. The fourth-order valence-corrected chi connectivity index (χ4v) is 1.40. The number of aliphatic carboxylic acids is 1. The quantitative estimate of drug-likeness (QED) is 0.638. The monoisotopic (exact) mass is 237 g/mol. The van der Waals surface area contributed by atoms with Crippen molar-refractivity contribution in [3.8, 4) is 0 Å². The van der Waals surface area contributed by atoms with Gasteiger partial charge >= 0.3 is 5.97 Å². The fourth-order valence-electron chi connectivity index (χ4n) is 1.40. The first-order valence-corrected chi connectivity index (χ1v) is 5.14. The second-order valence-electron chi connectivity index (χ2n) is 3.81. The van der Waals surface area contributed by atoms with Crippen LogP contribution in [-0.4, -0.2) is 28.5 Å². The van der Waals surface area contributed by atoms with Crippen LogP contribution in [0.4, 0.5) is 0 Å². The van der Waals surface area contributed by atoms with Gasteiger partial charge in [-0.3, -0.25) is 15.1 Å². The number of amides is 1. The van der Waals surface area contributed by atoms with Gasteiger partial charge in [0.05, 0.1) is 0 Å². The van der Waals surface area contributed by atoms with E-state index in [1.54, 1.807) is 18.3 Å². The first kappa shape index (κ1) is 13.1. The molecule has 92 valence electrons. The summed E-state index contributed by atoms with van der Waals surface area (Å²) in [6, 6.07) is 3.32. The maximum Gasteiger partial charge on any atom is 0.328 e. The molecular formula is C11H15N3O3. The van der Waals surface area contributed by atoms with E-state index in [0.717, 1.165) is 0 Å². The van der Waals surface area contributed by atoms with E-state index in [2.05, 4.69) is 10.3 Å². The molecule has 1 unspecified atom stereocenters. The van der Waals surface area contributed by atoms with Crippen LogP contribution in [0.1, 0.15) is 18.9 Å². The highest BCUT2D eigenvalue weighted by molar-refractivity contribution is 5.80. The summed E-state index contributed by atoms with van der Waals surface area (Å²) in [4.78, 5) is 25.8. The van der Waals surface area contributed by atoms with Crippen molar-refractivity contribution in [2.45, 2.75) is 18.9 Å². The molecule has 0 aliphatic rings. The second-order valence-corrected chi connectivity index (χ2v) is 3.81. The summed E-state index contributed by atoms with van der Waals surface area (Å²) in [7, 11) is 0. The van der Waals surface area contributed by atoms with Crippen molar-refractivity contribution in [1.29, 1.82) is 0 Å². The minimum Gasteiger partial charge on any atom is -0.480 e. The first-order chi connectivity index (χ1) is 7.97. The smallest absolute Gasteiger partial charge is 0.328 e. The normalized spacial score (nSPS) is 13.9. The van der Waals surface area contributed by atoms with E-state index in [4.69, 9.17) is 5.73 Å². The lowest BCUT2D eigenvalue weighted by molar-refractivity contribution is -0.144. The molecule has 1 aromatic heterocycles. The van der Waals surface area contributed by atoms with Crippen molar-refractivity contribution in [2.75, 3.05) is 6.54 Å². The SMILES string of the molecule is CC(NCCC(N)=O)(C(=O)O)c1cccnc1. The minimum atomic E-state index is -1.27. The summed E-state index contributed by atoms with van der Waals surface area (Å²) in [6.45, 7) is 1.72. The van der Waals surface area contributed by atoms with Gasteiger partial charge in [0.25, 0.3) is 0 Å². The highest BCUT2D eigenvalue weighted by atomic mass is 16.4. The lowest BCUT2D eigenvalue weighted by atomic mass is 9.93. The topological polar surface area (TPSA) is 105 Å². The molecule has 0 bridgehead atoms. The van der Waals surface area contributed by atoms with Gasteiger partial charge < -0.3 is 10.8 Å². The molecule has 0 aliphatic carbocycles. The predicted octanol–water partition coefficient (Wildman–Crippen LogP) is -0.154. The van der Waals surface area contributed by atoms with Gasteiger partial charge in [-0.15, -0.1) is 0 Å². The summed E-state index contributed by atoms with van der Waals surface area (Å²) < 4.78 is 0. The number of carboxylic acids is 1. The molecule has 17 heavy (non-hydrogen) atoms. The standard InChI is InChI=1S/C11H15N3O3/c1-11(10(16)17,14-6-4-9(12)15)8-3-2-5-13-7-8/h2-3,5,7,14H,4,6H2,1H3,(H2,12,15)(H,16,17). The van der Waals surface area contributed by atoms with Crippen LogP contribution in [0.3, 0.4) is 0 Å². The van der Waals surface area contributed by atoms with E-state index < -0.39 is 17.4 Å². The number of nitrogens with two attached hydrogens (primary N) is 1. The van der Waals surface area contributed by atoms with E-state index >= 15 is 0 Å². The molecule has 0 fully saturated rings. The van der Waals surface area contributed by atoms with Crippen LogP contribution in [0.25, 0.3) is 0 Å². The van der Waals surface area contributed by atoms with Gasteiger partial charge in [0.2, 0.25) is 5.91 Å². The summed E-state index contributed by atoms with van der Waals surface area (Å²) in [5.41, 5.74) is 4.25. The molecule has 1 amide bonds. The molecule has 0 saturated carbocycles. The van der Waals surface area contributed by atoms with Crippen molar-refractivity contribution in [3.05, 3.63) is 30.1 Å². The van der Waals surface area contributed by atoms with Crippen molar-refractivity contribution >= 4 is 11.9 Å². The number of primary amides is 1. The summed E-state index contributed by atoms with van der Waals surface area (Å²) in [5, 5.41) is 12.0. The molecule has 1 atom stereocenters. The Morgan fingerprint density at radius 3 is 2.76 bits per heavy atom. The van der Waals surface area contributed by atoms with Crippen LogP contribution >= 0.6 is 0 Å². The molecule has 0 aliphatic heterocycles. The lowest BCUT2D eigenvalue weighted by Gasteiger charge is -2.26. The van der Waals surface area contributed by atoms with Crippen LogP contribution in [0.5, 0.6) is 0 Å². The van der Waals surface area contributed by atoms with E-state index in [0.29, 0.717) is 5.56 Å². The van der Waals surface area contributed by atoms with Crippen LogP contribution < -0.4 is 11.1 Å². The number of carbonyl (C=O) groups excluding carboxylic acids is 1. The number of nitrogens with one attached hydrogen (secondary N) is 1. The van der Waals surface area contributed by atoms with Gasteiger partial charge in [0.15, 0.2) is 0 Å². The molecule has 1 heterocycles. The number of carboxylic acid groups (broad SMARTS) is 1. The van der Waals surface area contributed by atoms with Gasteiger partial charge in [-0.2, -0.15) is 0 Å². The zero-order valence-electron chi connectivity index (χ0n) is 9.51. The third kappa shape index (κ3) is 3.25. The number of pyridine rings is 1. The number of aromatic nitrogens is 1. The Labute approximate surface area is 98.8 Å². The third-order valence-electron chi connectivity index (χ3n) is 2.52. The number of rotatable bonds is 6. The van der Waals surface area contributed by atoms with Gasteiger partial charge in [-0.25, -0.2) is 4.79 Å². The lowest BCUT2D eigenvalue weighted by Crippen LogP contribution is -2.47. The average Bonchev–Trinajstić information content (AvgIpc) is 2.29. The third-order valence-corrected chi connectivity index (χ3v) is 2.52. The second kappa shape index (κ2) is 5.40. The average molecular weight is 237 g/mol. The van der Waals surface area contributed by atoms with E-state index in [-0.39, 0.29) is 13.0 Å². The maximum absolute atomic E-state index is 11.3. The van der Waals surface area contributed by atoms with Crippen molar-refractivity contribution in [3.63, 3.8) is 0 Å². The molecule has 0 spiro atoms. The first-order valence-electron chi connectivity index (χ1n) is 5.14. The van der Waals surface area contributed by atoms with Crippen LogP contribution in [0.15, 0.2) is 24.5 Å². The zero-order chi connectivity index (χ0) is 12.9. The van der Waals surface area contributed by atoms with Gasteiger partial charge in [-0.1, -0.05) is 6.07 Å². The van der Waals surface area contributed by atoms with Gasteiger partial charge in [0.1, 0.15) is 5.54 Å².